The highest BCUT2D eigenvalue weighted by molar-refractivity contribution is 5.93. The molecule has 1 saturated heterocycles. The number of aryl methyl sites for hydroxylation is 3. The van der Waals surface area contributed by atoms with E-state index in [1.165, 1.54) is 11.1 Å². The third-order valence-electron chi connectivity index (χ3n) is 5.25. The molecule has 2 aromatic carbocycles. The molecule has 4 heteroatoms. The summed E-state index contributed by atoms with van der Waals surface area (Å²) in [4.78, 5) is 17.2. The van der Waals surface area contributed by atoms with Crippen LogP contribution in [0.1, 0.15) is 22.3 Å². The van der Waals surface area contributed by atoms with Crippen LogP contribution < -0.4 is 5.32 Å². The van der Waals surface area contributed by atoms with Crippen molar-refractivity contribution in [1.29, 1.82) is 0 Å². The number of nitrogens with one attached hydrogen (secondary N) is 1. The van der Waals surface area contributed by atoms with Gasteiger partial charge in [0.05, 0.1) is 6.54 Å². The number of carbonyl (C=O) groups excluding carboxylic acids is 1. The normalized spacial score (nSPS) is 15.8. The minimum atomic E-state index is 0.0764. The van der Waals surface area contributed by atoms with Crippen molar-refractivity contribution in [2.75, 3.05) is 44.6 Å². The van der Waals surface area contributed by atoms with E-state index < -0.39 is 0 Å². The molecule has 28 heavy (non-hydrogen) atoms. The molecule has 0 spiro atoms. The molecule has 0 aromatic heterocycles. The molecule has 1 fully saturated rings. The second kappa shape index (κ2) is 9.67. The van der Waals surface area contributed by atoms with Gasteiger partial charge >= 0.3 is 0 Å². The Morgan fingerprint density at radius 3 is 2.21 bits per heavy atom. The van der Waals surface area contributed by atoms with Crippen LogP contribution in [0, 0.1) is 20.8 Å². The predicted molar refractivity (Wildman–Crippen MR) is 118 cm³/mol. The van der Waals surface area contributed by atoms with E-state index in [9.17, 15) is 4.79 Å². The molecule has 1 amide bonds. The summed E-state index contributed by atoms with van der Waals surface area (Å²) in [5.41, 5.74) is 5.67. The molecule has 3 rings (SSSR count). The van der Waals surface area contributed by atoms with Gasteiger partial charge in [0.1, 0.15) is 0 Å². The zero-order valence-electron chi connectivity index (χ0n) is 17.2. The van der Waals surface area contributed by atoms with Crippen LogP contribution in [0.3, 0.4) is 0 Å². The number of benzene rings is 2. The molecular formula is C24H31N3O. The number of anilines is 1. The summed E-state index contributed by atoms with van der Waals surface area (Å²) in [7, 11) is 0. The van der Waals surface area contributed by atoms with E-state index in [4.69, 9.17) is 0 Å². The Balaban J connectivity index is 1.43. The average Bonchev–Trinajstić information content (AvgIpc) is 2.67. The van der Waals surface area contributed by atoms with E-state index in [1.807, 2.05) is 6.07 Å². The zero-order valence-corrected chi connectivity index (χ0v) is 17.2. The van der Waals surface area contributed by atoms with Crippen LogP contribution in [0.5, 0.6) is 0 Å². The van der Waals surface area contributed by atoms with E-state index in [2.05, 4.69) is 84.4 Å². The zero-order chi connectivity index (χ0) is 19.9. The van der Waals surface area contributed by atoms with Gasteiger partial charge in [-0.1, -0.05) is 60.2 Å². The fraction of sp³-hybridized carbons (Fsp3) is 0.375. The van der Waals surface area contributed by atoms with Gasteiger partial charge in [-0.2, -0.15) is 0 Å². The summed E-state index contributed by atoms with van der Waals surface area (Å²) in [5, 5.41) is 3.11. The summed E-state index contributed by atoms with van der Waals surface area (Å²) in [6.45, 7) is 11.5. The molecule has 148 valence electrons. The van der Waals surface area contributed by atoms with Gasteiger partial charge in [-0.15, -0.1) is 0 Å². The molecule has 0 unspecified atom stereocenters. The van der Waals surface area contributed by atoms with Crippen molar-refractivity contribution in [2.45, 2.75) is 20.8 Å². The van der Waals surface area contributed by atoms with Crippen molar-refractivity contribution >= 4 is 17.7 Å². The van der Waals surface area contributed by atoms with E-state index in [-0.39, 0.29) is 5.91 Å². The van der Waals surface area contributed by atoms with Gasteiger partial charge in [0.25, 0.3) is 0 Å². The first-order valence-electron chi connectivity index (χ1n) is 10.1. The van der Waals surface area contributed by atoms with Crippen molar-refractivity contribution < 1.29 is 4.79 Å². The molecule has 0 aliphatic carbocycles. The summed E-state index contributed by atoms with van der Waals surface area (Å²) in [5.74, 6) is 0.0764. The molecule has 4 nitrogen and oxygen atoms in total. The monoisotopic (exact) mass is 377 g/mol. The fourth-order valence-corrected chi connectivity index (χ4v) is 3.79. The Kier molecular flexibility index (Phi) is 7.01. The minimum Gasteiger partial charge on any atom is -0.324 e. The standard InChI is InChI=1S/C24H31N3O/c1-19-16-20(2)24(21(3)17-19)25-23(28)18-27-14-12-26(13-15-27)11-7-10-22-8-5-4-6-9-22/h4-10,16-17H,11-15,18H2,1-3H3,(H,25,28). The van der Waals surface area contributed by atoms with E-state index >= 15 is 0 Å². The van der Waals surface area contributed by atoms with E-state index in [1.54, 1.807) is 0 Å². The molecule has 1 aliphatic heterocycles. The van der Waals surface area contributed by atoms with Gasteiger partial charge in [0, 0.05) is 38.4 Å². The maximum absolute atomic E-state index is 12.5. The molecule has 0 atom stereocenters. The van der Waals surface area contributed by atoms with Crippen molar-refractivity contribution in [3.05, 3.63) is 70.8 Å². The number of piperazine rings is 1. The van der Waals surface area contributed by atoms with E-state index in [0.717, 1.165) is 49.5 Å². The topological polar surface area (TPSA) is 35.6 Å². The van der Waals surface area contributed by atoms with Crippen molar-refractivity contribution in [2.24, 2.45) is 0 Å². The molecule has 2 aromatic rings. The molecule has 1 heterocycles. The molecule has 1 aliphatic rings. The highest BCUT2D eigenvalue weighted by Gasteiger charge is 2.18. The van der Waals surface area contributed by atoms with Gasteiger partial charge in [-0.25, -0.2) is 0 Å². The third-order valence-corrected chi connectivity index (χ3v) is 5.25. The predicted octanol–water partition coefficient (Wildman–Crippen LogP) is 3.88. The summed E-state index contributed by atoms with van der Waals surface area (Å²) in [6, 6.07) is 14.6. The summed E-state index contributed by atoms with van der Waals surface area (Å²) in [6.07, 6.45) is 4.40. The first-order chi connectivity index (χ1) is 13.5. The minimum absolute atomic E-state index is 0.0764. The molecule has 0 bridgehead atoms. The van der Waals surface area contributed by atoms with Crippen LogP contribution in [0.2, 0.25) is 0 Å². The first kappa shape index (κ1) is 20.3. The van der Waals surface area contributed by atoms with Crippen LogP contribution >= 0.6 is 0 Å². The number of carbonyl (C=O) groups is 1. The van der Waals surface area contributed by atoms with Gasteiger partial charge in [-0.05, 0) is 37.5 Å². The van der Waals surface area contributed by atoms with Gasteiger partial charge < -0.3 is 5.32 Å². The first-order valence-corrected chi connectivity index (χ1v) is 10.1. The number of hydrogen-bond acceptors (Lipinski definition) is 3. The van der Waals surface area contributed by atoms with Crippen LogP contribution in [0.25, 0.3) is 6.08 Å². The van der Waals surface area contributed by atoms with E-state index in [0.29, 0.717) is 6.54 Å². The van der Waals surface area contributed by atoms with Crippen molar-refractivity contribution in [1.82, 2.24) is 9.80 Å². The quantitative estimate of drug-likeness (QED) is 0.830. The van der Waals surface area contributed by atoms with Gasteiger partial charge in [0.15, 0.2) is 0 Å². The van der Waals surface area contributed by atoms with Gasteiger partial charge in [0.2, 0.25) is 5.91 Å². The number of amides is 1. The van der Waals surface area contributed by atoms with Crippen LogP contribution in [-0.4, -0.2) is 55.0 Å². The number of nitrogens with zero attached hydrogens (tertiary/aromatic N) is 2. The lowest BCUT2D eigenvalue weighted by Crippen LogP contribution is -2.48. The average molecular weight is 378 g/mol. The number of hydrogen-bond donors (Lipinski definition) is 1. The fourth-order valence-electron chi connectivity index (χ4n) is 3.79. The van der Waals surface area contributed by atoms with Crippen LogP contribution in [0.4, 0.5) is 5.69 Å². The highest BCUT2D eigenvalue weighted by atomic mass is 16.2. The lowest BCUT2D eigenvalue weighted by Gasteiger charge is -2.33. The van der Waals surface area contributed by atoms with Crippen LogP contribution in [-0.2, 0) is 4.79 Å². The maximum atomic E-state index is 12.5. The SMILES string of the molecule is Cc1cc(C)c(NC(=O)CN2CCN(CC=Cc3ccccc3)CC2)c(C)c1. The van der Waals surface area contributed by atoms with Crippen molar-refractivity contribution in [3.8, 4) is 0 Å². The van der Waals surface area contributed by atoms with Crippen LogP contribution in [0.15, 0.2) is 48.5 Å². The Hall–Kier alpha value is -2.43. The largest absolute Gasteiger partial charge is 0.324 e. The third kappa shape index (κ3) is 5.78. The van der Waals surface area contributed by atoms with Crippen molar-refractivity contribution in [3.63, 3.8) is 0 Å². The van der Waals surface area contributed by atoms with Gasteiger partial charge in [-0.3, -0.25) is 14.6 Å². The molecule has 0 radical (unpaired) electrons. The second-order valence-corrected chi connectivity index (χ2v) is 7.71. The Labute approximate surface area is 168 Å². The molecular weight excluding hydrogens is 346 g/mol. The second-order valence-electron chi connectivity index (χ2n) is 7.71. The summed E-state index contributed by atoms with van der Waals surface area (Å²) >= 11 is 0. The Bertz CT molecular complexity index is 798. The molecule has 1 N–H and O–H groups in total. The lowest BCUT2D eigenvalue weighted by atomic mass is 10.1. The Morgan fingerprint density at radius 1 is 0.964 bits per heavy atom. The highest BCUT2D eigenvalue weighted by Crippen LogP contribution is 2.21. The summed E-state index contributed by atoms with van der Waals surface area (Å²) < 4.78 is 0. The smallest absolute Gasteiger partial charge is 0.238 e. The molecule has 0 saturated carbocycles. The maximum Gasteiger partial charge on any atom is 0.238 e. The number of rotatable bonds is 6. The lowest BCUT2D eigenvalue weighted by molar-refractivity contribution is -0.117. The Morgan fingerprint density at radius 2 is 1.57 bits per heavy atom.